The van der Waals surface area contributed by atoms with Gasteiger partial charge < -0.3 is 10.1 Å². The van der Waals surface area contributed by atoms with E-state index in [-0.39, 0.29) is 11.7 Å². The molecule has 0 aliphatic carbocycles. The third-order valence-corrected chi connectivity index (χ3v) is 2.30. The second-order valence-electron chi connectivity index (χ2n) is 3.45. The number of carbonyl (C=O) groups excluding carboxylic acids is 2. The second kappa shape index (κ2) is 3.73. The Balaban J connectivity index is 2.06. The second-order valence-corrected chi connectivity index (χ2v) is 3.45. The van der Waals surface area contributed by atoms with Crippen LogP contribution in [0.4, 0.5) is 0 Å². The van der Waals surface area contributed by atoms with Crippen LogP contribution in [0, 0.1) is 0 Å². The fourth-order valence-electron chi connectivity index (χ4n) is 1.45. The number of hydrogen-bond donors (Lipinski definition) is 1. The summed E-state index contributed by atoms with van der Waals surface area (Å²) >= 11 is 0. The van der Waals surface area contributed by atoms with E-state index in [0.29, 0.717) is 5.75 Å². The lowest BCUT2D eigenvalue weighted by Gasteiger charge is -2.34. The van der Waals surface area contributed by atoms with E-state index in [2.05, 4.69) is 5.32 Å². The van der Waals surface area contributed by atoms with Crippen LogP contribution in [0.2, 0.25) is 0 Å². The van der Waals surface area contributed by atoms with E-state index in [1.165, 1.54) is 6.92 Å². The molecular formula is C11H11NO3. The average Bonchev–Trinajstić information content (AvgIpc) is 2.23. The van der Waals surface area contributed by atoms with E-state index in [4.69, 9.17) is 4.74 Å². The Morgan fingerprint density at radius 3 is 2.53 bits per heavy atom. The van der Waals surface area contributed by atoms with Crippen molar-refractivity contribution in [3.05, 3.63) is 30.3 Å². The van der Waals surface area contributed by atoms with Gasteiger partial charge >= 0.3 is 0 Å². The fourth-order valence-corrected chi connectivity index (χ4v) is 1.45. The normalized spacial score (nSPS) is 23.9. The molecule has 1 aliphatic rings. The van der Waals surface area contributed by atoms with Gasteiger partial charge in [0.2, 0.25) is 6.10 Å². The molecule has 0 saturated carbocycles. The van der Waals surface area contributed by atoms with Crippen molar-refractivity contribution in [2.75, 3.05) is 0 Å². The molecule has 0 aromatic heterocycles. The number of ketones is 1. The van der Waals surface area contributed by atoms with E-state index >= 15 is 0 Å². The molecule has 1 fully saturated rings. The van der Waals surface area contributed by atoms with Gasteiger partial charge in [0.1, 0.15) is 11.8 Å². The van der Waals surface area contributed by atoms with Crippen molar-refractivity contribution in [2.24, 2.45) is 0 Å². The van der Waals surface area contributed by atoms with Crippen LogP contribution in [-0.2, 0) is 9.59 Å². The van der Waals surface area contributed by atoms with Gasteiger partial charge in [0.25, 0.3) is 5.91 Å². The molecule has 1 aliphatic heterocycles. The van der Waals surface area contributed by atoms with Crippen molar-refractivity contribution in [1.29, 1.82) is 0 Å². The van der Waals surface area contributed by atoms with Crippen LogP contribution in [0.15, 0.2) is 30.3 Å². The molecule has 0 spiro atoms. The number of nitrogens with one attached hydrogen (secondary N) is 1. The largest absolute Gasteiger partial charge is 0.478 e. The molecule has 1 N–H and O–H groups in total. The number of carbonyl (C=O) groups is 2. The SMILES string of the molecule is CC(=O)[C@@H]1NC(=O)[C@@H]1Oc1ccccc1. The summed E-state index contributed by atoms with van der Waals surface area (Å²) in [5, 5.41) is 2.50. The zero-order valence-corrected chi connectivity index (χ0v) is 8.27. The summed E-state index contributed by atoms with van der Waals surface area (Å²) in [5.74, 6) is 0.276. The minimum Gasteiger partial charge on any atom is -0.478 e. The van der Waals surface area contributed by atoms with Crippen molar-refractivity contribution in [3.63, 3.8) is 0 Å². The van der Waals surface area contributed by atoms with Crippen LogP contribution in [0.1, 0.15) is 6.92 Å². The first-order chi connectivity index (χ1) is 7.18. The van der Waals surface area contributed by atoms with Gasteiger partial charge in [-0.15, -0.1) is 0 Å². The Hall–Kier alpha value is -1.84. The molecular weight excluding hydrogens is 194 g/mol. The molecule has 1 saturated heterocycles. The highest BCUT2D eigenvalue weighted by atomic mass is 16.5. The first-order valence-corrected chi connectivity index (χ1v) is 4.71. The third kappa shape index (κ3) is 1.83. The summed E-state index contributed by atoms with van der Waals surface area (Å²) in [7, 11) is 0. The van der Waals surface area contributed by atoms with Gasteiger partial charge in [0.15, 0.2) is 5.78 Å². The molecule has 4 nitrogen and oxygen atoms in total. The molecule has 15 heavy (non-hydrogen) atoms. The number of benzene rings is 1. The minimum absolute atomic E-state index is 0.0875. The highest BCUT2D eigenvalue weighted by Gasteiger charge is 2.44. The first-order valence-electron chi connectivity index (χ1n) is 4.71. The van der Waals surface area contributed by atoms with Crippen LogP contribution >= 0.6 is 0 Å². The maximum absolute atomic E-state index is 11.2. The molecule has 0 bridgehead atoms. The summed E-state index contributed by atoms with van der Waals surface area (Å²) in [5.41, 5.74) is 0. The monoisotopic (exact) mass is 205 g/mol. The molecule has 1 aromatic rings. The van der Waals surface area contributed by atoms with Crippen LogP contribution < -0.4 is 10.1 Å². The van der Waals surface area contributed by atoms with Crippen LogP contribution in [0.5, 0.6) is 5.75 Å². The number of ether oxygens (including phenoxy) is 1. The lowest BCUT2D eigenvalue weighted by atomic mass is 9.98. The Morgan fingerprint density at radius 1 is 1.33 bits per heavy atom. The quantitative estimate of drug-likeness (QED) is 0.732. The molecule has 1 heterocycles. The van der Waals surface area contributed by atoms with Gasteiger partial charge in [-0.1, -0.05) is 18.2 Å². The summed E-state index contributed by atoms with van der Waals surface area (Å²) < 4.78 is 5.40. The summed E-state index contributed by atoms with van der Waals surface area (Å²) in [6, 6.07) is 8.49. The van der Waals surface area contributed by atoms with Crippen molar-refractivity contribution >= 4 is 11.7 Å². The summed E-state index contributed by atoms with van der Waals surface area (Å²) in [6.07, 6.45) is -0.676. The van der Waals surface area contributed by atoms with Gasteiger partial charge in [0.05, 0.1) is 0 Å². The number of amides is 1. The molecule has 2 rings (SSSR count). The van der Waals surface area contributed by atoms with E-state index in [1.807, 2.05) is 18.2 Å². The minimum atomic E-state index is -0.676. The lowest BCUT2D eigenvalue weighted by molar-refractivity contribution is -0.146. The van der Waals surface area contributed by atoms with Gasteiger partial charge in [-0.05, 0) is 19.1 Å². The molecule has 4 heteroatoms. The van der Waals surface area contributed by atoms with Crippen LogP contribution in [-0.4, -0.2) is 23.8 Å². The Bertz CT molecular complexity index is 388. The van der Waals surface area contributed by atoms with Crippen molar-refractivity contribution < 1.29 is 14.3 Å². The highest BCUT2D eigenvalue weighted by molar-refractivity contribution is 6.01. The van der Waals surface area contributed by atoms with Gasteiger partial charge in [-0.3, -0.25) is 9.59 Å². The van der Waals surface area contributed by atoms with Crippen molar-refractivity contribution in [2.45, 2.75) is 19.1 Å². The maximum Gasteiger partial charge on any atom is 0.264 e. The topological polar surface area (TPSA) is 55.4 Å². The Morgan fingerprint density at radius 2 is 2.00 bits per heavy atom. The van der Waals surface area contributed by atoms with Gasteiger partial charge in [-0.25, -0.2) is 0 Å². The average molecular weight is 205 g/mol. The third-order valence-electron chi connectivity index (χ3n) is 2.30. The summed E-state index contributed by atoms with van der Waals surface area (Å²) in [4.78, 5) is 22.2. The van der Waals surface area contributed by atoms with Crippen molar-refractivity contribution in [1.82, 2.24) is 5.32 Å². The molecule has 78 valence electrons. The van der Waals surface area contributed by atoms with E-state index in [0.717, 1.165) is 0 Å². The van der Waals surface area contributed by atoms with Crippen molar-refractivity contribution in [3.8, 4) is 5.75 Å². The van der Waals surface area contributed by atoms with Gasteiger partial charge in [-0.2, -0.15) is 0 Å². The van der Waals surface area contributed by atoms with Gasteiger partial charge in [0, 0.05) is 0 Å². The maximum atomic E-state index is 11.2. The van der Waals surface area contributed by atoms with E-state index < -0.39 is 12.1 Å². The standard InChI is InChI=1S/C11H11NO3/c1-7(13)9-10(11(14)12-9)15-8-5-3-2-4-6-8/h2-6,9-10H,1H3,(H,12,14)/t9-,10+/m0/s1. The van der Waals surface area contributed by atoms with E-state index in [1.54, 1.807) is 12.1 Å². The van der Waals surface area contributed by atoms with Crippen LogP contribution in [0.25, 0.3) is 0 Å². The molecule has 1 amide bonds. The molecule has 0 unspecified atom stereocenters. The lowest BCUT2D eigenvalue weighted by Crippen LogP contribution is -2.67. The Kier molecular flexibility index (Phi) is 2.41. The van der Waals surface area contributed by atoms with Crippen LogP contribution in [0.3, 0.4) is 0 Å². The fraction of sp³-hybridized carbons (Fsp3) is 0.273. The zero-order chi connectivity index (χ0) is 10.8. The highest BCUT2D eigenvalue weighted by Crippen LogP contribution is 2.17. The summed E-state index contributed by atoms with van der Waals surface area (Å²) in [6.45, 7) is 1.44. The number of β-lactam (4-membered cyclic amide) rings is 1. The zero-order valence-electron chi connectivity index (χ0n) is 8.27. The Labute approximate surface area is 87.2 Å². The number of para-hydroxylation sites is 1. The smallest absolute Gasteiger partial charge is 0.264 e. The molecule has 1 aromatic carbocycles. The molecule has 0 radical (unpaired) electrons. The number of hydrogen-bond acceptors (Lipinski definition) is 3. The predicted molar refractivity (Wildman–Crippen MR) is 53.5 cm³/mol. The predicted octanol–water partition coefficient (Wildman–Crippen LogP) is 0.521. The van der Waals surface area contributed by atoms with E-state index in [9.17, 15) is 9.59 Å². The first kappa shape index (κ1) is 9.71. The number of Topliss-reactive ketones (excluding diaryl/α,β-unsaturated/α-hetero) is 1. The number of rotatable bonds is 3. The molecule has 2 atom stereocenters.